The first-order valence-corrected chi connectivity index (χ1v) is 7.35. The van der Waals surface area contributed by atoms with Crippen LogP contribution in [0, 0.1) is 6.92 Å². The van der Waals surface area contributed by atoms with Crippen molar-refractivity contribution in [2.45, 2.75) is 38.8 Å². The second kappa shape index (κ2) is 7.43. The predicted molar refractivity (Wildman–Crippen MR) is 79.3 cm³/mol. The number of aryl methyl sites for hydroxylation is 1. The van der Waals surface area contributed by atoms with Crippen LogP contribution in [0.15, 0.2) is 18.2 Å². The Morgan fingerprint density at radius 1 is 1.48 bits per heavy atom. The maximum atomic E-state index is 11.9. The van der Waals surface area contributed by atoms with Gasteiger partial charge in [-0.15, -0.1) is 0 Å². The molecule has 1 aliphatic heterocycles. The summed E-state index contributed by atoms with van der Waals surface area (Å²) in [5, 5.41) is 12.7. The summed E-state index contributed by atoms with van der Waals surface area (Å²) in [6.45, 7) is 4.96. The molecule has 1 unspecified atom stereocenters. The Labute approximate surface area is 125 Å². The average molecular weight is 293 g/mol. The number of carbonyl (C=O) groups excluding carboxylic acids is 1. The number of hydrogen-bond acceptors (Lipinski definition) is 4. The van der Waals surface area contributed by atoms with Gasteiger partial charge in [-0.3, -0.25) is 4.79 Å². The van der Waals surface area contributed by atoms with Crippen molar-refractivity contribution in [3.05, 3.63) is 29.3 Å². The molecule has 1 amide bonds. The lowest BCUT2D eigenvalue weighted by molar-refractivity contribution is -0.124. The van der Waals surface area contributed by atoms with Crippen molar-refractivity contribution in [3.8, 4) is 5.75 Å². The molecule has 0 bridgehead atoms. The number of amides is 1. The molecule has 1 saturated heterocycles. The Morgan fingerprint density at radius 2 is 2.19 bits per heavy atom. The third-order valence-electron chi connectivity index (χ3n) is 3.56. The van der Waals surface area contributed by atoms with Gasteiger partial charge in [0.05, 0.1) is 6.10 Å². The van der Waals surface area contributed by atoms with Crippen molar-refractivity contribution >= 4 is 5.91 Å². The molecule has 0 aromatic heterocycles. The molecule has 1 aromatic carbocycles. The van der Waals surface area contributed by atoms with Crippen LogP contribution in [0.1, 0.15) is 37.0 Å². The Balaban J connectivity index is 1.89. The first-order valence-electron chi connectivity index (χ1n) is 7.35. The van der Waals surface area contributed by atoms with Crippen molar-refractivity contribution < 1.29 is 19.4 Å². The van der Waals surface area contributed by atoms with Crippen LogP contribution in [0.4, 0.5) is 0 Å². The molecular formula is C16H23NO4. The van der Waals surface area contributed by atoms with Crippen molar-refractivity contribution in [1.82, 2.24) is 5.32 Å². The van der Waals surface area contributed by atoms with E-state index in [4.69, 9.17) is 9.47 Å². The molecule has 0 aliphatic carbocycles. The van der Waals surface area contributed by atoms with E-state index < -0.39 is 6.10 Å². The fourth-order valence-electron chi connectivity index (χ4n) is 2.37. The lowest BCUT2D eigenvalue weighted by atomic mass is 10.1. The van der Waals surface area contributed by atoms with Gasteiger partial charge in [-0.05, 0) is 38.3 Å². The number of benzene rings is 1. The van der Waals surface area contributed by atoms with Gasteiger partial charge in [0.1, 0.15) is 5.75 Å². The van der Waals surface area contributed by atoms with E-state index in [1.807, 2.05) is 25.1 Å². The van der Waals surface area contributed by atoms with Crippen molar-refractivity contribution in [2.24, 2.45) is 0 Å². The lowest BCUT2D eigenvalue weighted by Gasteiger charge is -2.23. The van der Waals surface area contributed by atoms with E-state index in [9.17, 15) is 9.90 Å². The number of rotatable bonds is 5. The molecule has 1 aliphatic rings. The Kier molecular flexibility index (Phi) is 5.59. The minimum absolute atomic E-state index is 0.0411. The molecule has 1 fully saturated rings. The molecule has 2 N–H and O–H groups in total. The summed E-state index contributed by atoms with van der Waals surface area (Å²) in [5.41, 5.74) is 1.72. The van der Waals surface area contributed by atoms with Crippen molar-refractivity contribution in [3.63, 3.8) is 0 Å². The minimum Gasteiger partial charge on any atom is -0.483 e. The second-order valence-corrected chi connectivity index (χ2v) is 5.46. The van der Waals surface area contributed by atoms with E-state index >= 15 is 0 Å². The summed E-state index contributed by atoms with van der Waals surface area (Å²) >= 11 is 0. The van der Waals surface area contributed by atoms with Gasteiger partial charge in [0.2, 0.25) is 0 Å². The molecule has 1 heterocycles. The van der Waals surface area contributed by atoms with Crippen LogP contribution in [0.3, 0.4) is 0 Å². The molecule has 0 radical (unpaired) electrons. The summed E-state index contributed by atoms with van der Waals surface area (Å²) < 4.78 is 10.8. The van der Waals surface area contributed by atoms with E-state index in [1.165, 1.54) is 0 Å². The number of carbonyl (C=O) groups is 1. The largest absolute Gasteiger partial charge is 0.483 e. The standard InChI is InChI=1S/C16H23NO4/c1-11-3-4-14(12(2)18)15(9-11)21-10-16(19)17-13-5-7-20-8-6-13/h3-4,9,12-13,18H,5-8,10H2,1-2H3,(H,17,19). The van der Waals surface area contributed by atoms with Crippen LogP contribution in [0.25, 0.3) is 0 Å². The first kappa shape index (κ1) is 15.8. The molecule has 5 heteroatoms. The quantitative estimate of drug-likeness (QED) is 0.867. The summed E-state index contributed by atoms with van der Waals surface area (Å²) in [4.78, 5) is 11.9. The second-order valence-electron chi connectivity index (χ2n) is 5.46. The molecule has 2 rings (SSSR count). The molecule has 21 heavy (non-hydrogen) atoms. The van der Waals surface area contributed by atoms with E-state index in [-0.39, 0.29) is 18.6 Å². The van der Waals surface area contributed by atoms with E-state index in [0.29, 0.717) is 24.5 Å². The fraction of sp³-hybridized carbons (Fsp3) is 0.562. The monoisotopic (exact) mass is 293 g/mol. The first-order chi connectivity index (χ1) is 10.1. The van der Waals surface area contributed by atoms with Crippen LogP contribution in [0.2, 0.25) is 0 Å². The van der Waals surface area contributed by atoms with Crippen LogP contribution < -0.4 is 10.1 Å². The maximum Gasteiger partial charge on any atom is 0.258 e. The van der Waals surface area contributed by atoms with E-state index in [2.05, 4.69) is 5.32 Å². The van der Waals surface area contributed by atoms with Crippen molar-refractivity contribution in [1.29, 1.82) is 0 Å². The highest BCUT2D eigenvalue weighted by atomic mass is 16.5. The third-order valence-corrected chi connectivity index (χ3v) is 3.56. The van der Waals surface area contributed by atoms with Crippen LogP contribution in [0.5, 0.6) is 5.75 Å². The summed E-state index contributed by atoms with van der Waals surface area (Å²) in [5.74, 6) is 0.423. The van der Waals surface area contributed by atoms with Gasteiger partial charge < -0.3 is 19.9 Å². The van der Waals surface area contributed by atoms with Gasteiger partial charge in [-0.2, -0.15) is 0 Å². The molecular weight excluding hydrogens is 270 g/mol. The Morgan fingerprint density at radius 3 is 2.86 bits per heavy atom. The topological polar surface area (TPSA) is 67.8 Å². The SMILES string of the molecule is Cc1ccc(C(C)O)c(OCC(=O)NC2CCOCC2)c1. The molecule has 116 valence electrons. The predicted octanol–water partition coefficient (Wildman–Crippen LogP) is 1.72. The van der Waals surface area contributed by atoms with Gasteiger partial charge >= 0.3 is 0 Å². The summed E-state index contributed by atoms with van der Waals surface area (Å²) in [6, 6.07) is 5.75. The van der Waals surface area contributed by atoms with Gasteiger partial charge in [0.25, 0.3) is 5.91 Å². The summed E-state index contributed by atoms with van der Waals surface area (Å²) in [6.07, 6.45) is 1.06. The minimum atomic E-state index is -0.626. The zero-order valence-electron chi connectivity index (χ0n) is 12.6. The molecule has 1 atom stereocenters. The molecule has 5 nitrogen and oxygen atoms in total. The van der Waals surface area contributed by atoms with Gasteiger partial charge in [0.15, 0.2) is 6.61 Å². The maximum absolute atomic E-state index is 11.9. The highest BCUT2D eigenvalue weighted by Gasteiger charge is 2.17. The van der Waals surface area contributed by atoms with E-state index in [0.717, 1.165) is 18.4 Å². The number of aliphatic hydroxyl groups is 1. The number of ether oxygens (including phenoxy) is 2. The zero-order chi connectivity index (χ0) is 15.2. The zero-order valence-corrected chi connectivity index (χ0v) is 12.6. The lowest BCUT2D eigenvalue weighted by Crippen LogP contribution is -2.41. The normalized spacial score (nSPS) is 17.3. The van der Waals surface area contributed by atoms with E-state index in [1.54, 1.807) is 6.92 Å². The number of nitrogens with one attached hydrogen (secondary N) is 1. The third kappa shape index (κ3) is 4.72. The smallest absolute Gasteiger partial charge is 0.258 e. The van der Waals surface area contributed by atoms with Gasteiger partial charge in [-0.1, -0.05) is 12.1 Å². The van der Waals surface area contributed by atoms with Crippen LogP contribution in [-0.2, 0) is 9.53 Å². The Hall–Kier alpha value is -1.59. The van der Waals surface area contributed by atoms with Crippen molar-refractivity contribution in [2.75, 3.05) is 19.8 Å². The molecule has 1 aromatic rings. The van der Waals surface area contributed by atoms with Gasteiger partial charge in [-0.25, -0.2) is 0 Å². The number of aliphatic hydroxyl groups excluding tert-OH is 1. The van der Waals surface area contributed by atoms with Crippen LogP contribution in [-0.4, -0.2) is 36.9 Å². The average Bonchev–Trinajstić information content (AvgIpc) is 2.46. The fourth-order valence-corrected chi connectivity index (χ4v) is 2.37. The summed E-state index contributed by atoms with van der Waals surface area (Å²) in [7, 11) is 0. The van der Waals surface area contributed by atoms with Gasteiger partial charge in [0, 0.05) is 24.8 Å². The van der Waals surface area contributed by atoms with Crippen LogP contribution >= 0.6 is 0 Å². The highest BCUT2D eigenvalue weighted by molar-refractivity contribution is 5.77. The number of hydrogen-bond donors (Lipinski definition) is 2. The Bertz CT molecular complexity index is 481. The molecule has 0 saturated carbocycles. The highest BCUT2D eigenvalue weighted by Crippen LogP contribution is 2.26. The molecule has 0 spiro atoms.